The number of carbonyl (C=O) groups excluding carboxylic acids is 1. The predicted octanol–water partition coefficient (Wildman–Crippen LogP) is 3.01. The van der Waals surface area contributed by atoms with Crippen LogP contribution >= 0.6 is 0 Å². The first kappa shape index (κ1) is 18.2. The van der Waals surface area contributed by atoms with Gasteiger partial charge in [-0.15, -0.1) is 0 Å². The molecular weight excluding hydrogens is 310 g/mol. The van der Waals surface area contributed by atoms with E-state index in [1.165, 1.54) is 17.7 Å². The summed E-state index contributed by atoms with van der Waals surface area (Å²) in [5.41, 5.74) is 2.61. The number of piperazine rings is 1. The average molecular weight is 344 g/mol. The van der Waals surface area contributed by atoms with E-state index in [2.05, 4.69) is 66.7 Å². The largest absolute Gasteiger partial charge is 0.369 e. The van der Waals surface area contributed by atoms with Gasteiger partial charge in [0.15, 0.2) is 0 Å². The van der Waals surface area contributed by atoms with Crippen molar-refractivity contribution in [2.75, 3.05) is 44.2 Å². The van der Waals surface area contributed by atoms with Gasteiger partial charge in [-0.1, -0.05) is 26.0 Å². The summed E-state index contributed by atoms with van der Waals surface area (Å²) in [5, 5.41) is 0. The minimum atomic E-state index is -0.00263. The Morgan fingerprint density at radius 3 is 2.32 bits per heavy atom. The molecule has 0 N–H and O–H groups in total. The Kier molecular flexibility index (Phi) is 5.67. The highest BCUT2D eigenvalue weighted by Gasteiger charge is 2.32. The summed E-state index contributed by atoms with van der Waals surface area (Å²) in [6, 6.07) is 8.70. The second-order valence-electron chi connectivity index (χ2n) is 8.23. The number of amides is 1. The molecule has 2 saturated heterocycles. The molecule has 0 radical (unpaired) electrons. The number of hydrogen-bond donors (Lipinski definition) is 0. The van der Waals surface area contributed by atoms with Gasteiger partial charge in [0.25, 0.3) is 0 Å². The summed E-state index contributed by atoms with van der Waals surface area (Å²) < 4.78 is 0. The fourth-order valence-corrected chi connectivity index (χ4v) is 4.46. The molecule has 4 nitrogen and oxygen atoms in total. The molecule has 2 heterocycles. The molecule has 3 atom stereocenters. The van der Waals surface area contributed by atoms with E-state index in [9.17, 15) is 4.79 Å². The van der Waals surface area contributed by atoms with E-state index in [0.717, 1.165) is 39.3 Å². The van der Waals surface area contributed by atoms with Crippen molar-refractivity contribution in [2.24, 2.45) is 11.8 Å². The molecule has 1 amide bonds. The van der Waals surface area contributed by atoms with E-state index < -0.39 is 0 Å². The smallest absolute Gasteiger partial charge is 0.239 e. The van der Waals surface area contributed by atoms with Crippen LogP contribution in [0.1, 0.15) is 32.8 Å². The molecule has 25 heavy (non-hydrogen) atoms. The molecule has 0 saturated carbocycles. The number of benzene rings is 1. The highest BCUT2D eigenvalue weighted by atomic mass is 16.2. The lowest BCUT2D eigenvalue weighted by Crippen LogP contribution is -2.56. The van der Waals surface area contributed by atoms with Gasteiger partial charge in [0, 0.05) is 45.0 Å². The van der Waals surface area contributed by atoms with E-state index in [4.69, 9.17) is 0 Å². The molecule has 0 aliphatic carbocycles. The van der Waals surface area contributed by atoms with Crippen LogP contribution in [0.5, 0.6) is 0 Å². The number of nitrogens with zero attached hydrogens (tertiary/aromatic N) is 3. The number of carbonyl (C=O) groups is 1. The maximum absolute atomic E-state index is 13.0. The van der Waals surface area contributed by atoms with Crippen molar-refractivity contribution in [3.63, 3.8) is 0 Å². The third-order valence-corrected chi connectivity index (χ3v) is 5.77. The predicted molar refractivity (Wildman–Crippen MR) is 104 cm³/mol. The van der Waals surface area contributed by atoms with E-state index in [1.54, 1.807) is 0 Å². The Morgan fingerprint density at radius 2 is 1.72 bits per heavy atom. The van der Waals surface area contributed by atoms with Crippen LogP contribution in [0, 0.1) is 18.8 Å². The first-order chi connectivity index (χ1) is 11.9. The summed E-state index contributed by atoms with van der Waals surface area (Å²) in [6.45, 7) is 14.5. The lowest BCUT2D eigenvalue weighted by molar-refractivity contribution is -0.139. The molecule has 4 heteroatoms. The van der Waals surface area contributed by atoms with Crippen molar-refractivity contribution < 1.29 is 4.79 Å². The van der Waals surface area contributed by atoms with E-state index in [0.29, 0.717) is 17.7 Å². The normalized spacial score (nSPS) is 26.6. The summed E-state index contributed by atoms with van der Waals surface area (Å²) in [4.78, 5) is 19.9. The van der Waals surface area contributed by atoms with Gasteiger partial charge in [-0.2, -0.15) is 0 Å². The number of piperidine rings is 1. The Labute approximate surface area is 152 Å². The van der Waals surface area contributed by atoms with Crippen molar-refractivity contribution in [1.82, 2.24) is 9.80 Å². The molecule has 1 aromatic rings. The van der Waals surface area contributed by atoms with Crippen LogP contribution in [0.25, 0.3) is 0 Å². The van der Waals surface area contributed by atoms with Gasteiger partial charge in [0.1, 0.15) is 0 Å². The Balaban J connectivity index is 1.56. The Morgan fingerprint density at radius 1 is 1.08 bits per heavy atom. The minimum absolute atomic E-state index is 0.00263. The first-order valence-electron chi connectivity index (χ1n) is 9.78. The quantitative estimate of drug-likeness (QED) is 0.844. The standard InChI is InChI=1S/C21H33N3O/c1-16-6-5-7-20(13-16)23-10-8-22(9-11-23)19(4)21(25)24-14-17(2)12-18(3)15-24/h5-7,13,17-19H,8-12,14-15H2,1-4H3. The molecule has 2 fully saturated rings. The number of hydrogen-bond acceptors (Lipinski definition) is 3. The van der Waals surface area contributed by atoms with Gasteiger partial charge in [0.05, 0.1) is 6.04 Å². The van der Waals surface area contributed by atoms with Crippen LogP contribution in [0.3, 0.4) is 0 Å². The Hall–Kier alpha value is -1.55. The monoisotopic (exact) mass is 343 g/mol. The number of aryl methyl sites for hydroxylation is 1. The summed E-state index contributed by atoms with van der Waals surface area (Å²) in [7, 11) is 0. The zero-order valence-corrected chi connectivity index (χ0v) is 16.2. The summed E-state index contributed by atoms with van der Waals surface area (Å²) in [5.74, 6) is 1.57. The molecule has 2 aliphatic heterocycles. The zero-order valence-electron chi connectivity index (χ0n) is 16.2. The maximum atomic E-state index is 13.0. The number of anilines is 1. The Bertz CT molecular complexity index is 585. The van der Waals surface area contributed by atoms with Gasteiger partial charge in [-0.25, -0.2) is 0 Å². The van der Waals surface area contributed by atoms with Gasteiger partial charge < -0.3 is 9.80 Å². The van der Waals surface area contributed by atoms with E-state index in [1.807, 2.05) is 0 Å². The highest BCUT2D eigenvalue weighted by Crippen LogP contribution is 2.23. The lowest BCUT2D eigenvalue weighted by Gasteiger charge is -2.42. The topological polar surface area (TPSA) is 26.8 Å². The van der Waals surface area contributed by atoms with Gasteiger partial charge >= 0.3 is 0 Å². The molecular formula is C21H33N3O. The van der Waals surface area contributed by atoms with Crippen molar-refractivity contribution >= 4 is 11.6 Å². The number of likely N-dealkylation sites (tertiary alicyclic amines) is 1. The maximum Gasteiger partial charge on any atom is 0.239 e. The number of rotatable bonds is 3. The van der Waals surface area contributed by atoms with Crippen molar-refractivity contribution in [3.05, 3.63) is 29.8 Å². The molecule has 0 bridgehead atoms. The van der Waals surface area contributed by atoms with Crippen LogP contribution in [-0.4, -0.2) is 61.0 Å². The fourth-order valence-electron chi connectivity index (χ4n) is 4.46. The average Bonchev–Trinajstić information content (AvgIpc) is 2.60. The second-order valence-corrected chi connectivity index (χ2v) is 8.23. The van der Waals surface area contributed by atoms with Crippen LogP contribution in [-0.2, 0) is 4.79 Å². The molecule has 138 valence electrons. The van der Waals surface area contributed by atoms with Gasteiger partial charge in [-0.3, -0.25) is 9.69 Å². The third kappa shape index (κ3) is 4.35. The van der Waals surface area contributed by atoms with Crippen molar-refractivity contribution in [2.45, 2.75) is 40.2 Å². The van der Waals surface area contributed by atoms with Crippen LogP contribution in [0.15, 0.2) is 24.3 Å². The molecule has 0 spiro atoms. The molecule has 0 aromatic heterocycles. The van der Waals surface area contributed by atoms with E-state index in [-0.39, 0.29) is 6.04 Å². The molecule has 3 rings (SSSR count). The molecule has 1 aromatic carbocycles. The van der Waals surface area contributed by atoms with E-state index >= 15 is 0 Å². The second kappa shape index (κ2) is 7.77. The SMILES string of the molecule is Cc1cccc(N2CCN(C(C)C(=O)N3CC(C)CC(C)C3)CC2)c1. The summed E-state index contributed by atoms with van der Waals surface area (Å²) in [6.07, 6.45) is 1.24. The molecule has 2 aliphatic rings. The van der Waals surface area contributed by atoms with Crippen LogP contribution < -0.4 is 4.90 Å². The summed E-state index contributed by atoms with van der Waals surface area (Å²) >= 11 is 0. The third-order valence-electron chi connectivity index (χ3n) is 5.77. The van der Waals surface area contributed by atoms with Gasteiger partial charge in [0.2, 0.25) is 5.91 Å². The van der Waals surface area contributed by atoms with Crippen molar-refractivity contribution in [3.8, 4) is 0 Å². The minimum Gasteiger partial charge on any atom is -0.369 e. The van der Waals surface area contributed by atoms with Crippen molar-refractivity contribution in [1.29, 1.82) is 0 Å². The van der Waals surface area contributed by atoms with Gasteiger partial charge in [-0.05, 0) is 49.8 Å². The first-order valence-corrected chi connectivity index (χ1v) is 9.78. The fraction of sp³-hybridized carbons (Fsp3) is 0.667. The highest BCUT2D eigenvalue weighted by molar-refractivity contribution is 5.81. The zero-order chi connectivity index (χ0) is 18.0. The molecule has 3 unspecified atom stereocenters. The lowest BCUT2D eigenvalue weighted by atomic mass is 9.91. The van der Waals surface area contributed by atoms with Crippen LogP contribution in [0.4, 0.5) is 5.69 Å². The van der Waals surface area contributed by atoms with Crippen LogP contribution in [0.2, 0.25) is 0 Å².